The zero-order valence-corrected chi connectivity index (χ0v) is 21.8. The third-order valence-electron chi connectivity index (χ3n) is 7.83. The van der Waals surface area contributed by atoms with Crippen LogP contribution in [-0.2, 0) is 0 Å². The first-order valence-electron chi connectivity index (χ1n) is 13.6. The molecule has 1 aromatic heterocycles. The average molecular weight is 512 g/mol. The van der Waals surface area contributed by atoms with E-state index in [0.717, 1.165) is 49.8 Å². The van der Waals surface area contributed by atoms with Gasteiger partial charge in [0.05, 0.1) is 5.69 Å². The average Bonchev–Trinajstić information content (AvgIpc) is 3.41. The van der Waals surface area contributed by atoms with E-state index in [1.54, 1.807) is 0 Å². The summed E-state index contributed by atoms with van der Waals surface area (Å²) in [5, 5.41) is 6.98. The second-order valence-electron chi connectivity index (χ2n) is 10.1. The molecule has 0 fully saturated rings. The Morgan fingerprint density at radius 3 is 1.75 bits per heavy atom. The maximum absolute atomic E-state index is 6.67. The van der Waals surface area contributed by atoms with Crippen LogP contribution in [0.2, 0.25) is 0 Å². The molecule has 0 atom stereocenters. The summed E-state index contributed by atoms with van der Waals surface area (Å²) in [5.74, 6) is 0. The van der Waals surface area contributed by atoms with Gasteiger partial charge in [0, 0.05) is 32.9 Å². The third-order valence-corrected chi connectivity index (χ3v) is 7.83. The summed E-state index contributed by atoms with van der Waals surface area (Å²) >= 11 is 0. The number of hydrogen-bond acceptors (Lipinski definition) is 2. The van der Waals surface area contributed by atoms with Crippen LogP contribution in [0.3, 0.4) is 0 Å². The van der Waals surface area contributed by atoms with E-state index in [-0.39, 0.29) is 0 Å². The van der Waals surface area contributed by atoms with Gasteiger partial charge in [0.1, 0.15) is 11.2 Å². The van der Waals surface area contributed by atoms with E-state index in [4.69, 9.17) is 4.42 Å². The zero-order chi connectivity index (χ0) is 26.5. The van der Waals surface area contributed by atoms with Gasteiger partial charge in [-0.25, -0.2) is 0 Å². The summed E-state index contributed by atoms with van der Waals surface area (Å²) in [6.07, 6.45) is 0. The van der Waals surface area contributed by atoms with Crippen molar-refractivity contribution >= 4 is 60.5 Å². The Morgan fingerprint density at radius 1 is 0.425 bits per heavy atom. The molecule has 0 amide bonds. The molecule has 188 valence electrons. The smallest absolute Gasteiger partial charge is 0.143 e. The molecule has 40 heavy (non-hydrogen) atoms. The maximum Gasteiger partial charge on any atom is 0.143 e. The van der Waals surface area contributed by atoms with Crippen LogP contribution in [-0.4, -0.2) is 0 Å². The van der Waals surface area contributed by atoms with Crippen molar-refractivity contribution in [1.82, 2.24) is 0 Å². The van der Waals surface area contributed by atoms with Crippen LogP contribution in [0.5, 0.6) is 0 Å². The molecule has 8 rings (SSSR count). The Kier molecular flexibility index (Phi) is 5.17. The topological polar surface area (TPSA) is 16.4 Å². The molecule has 0 N–H and O–H groups in total. The van der Waals surface area contributed by atoms with Crippen molar-refractivity contribution in [3.8, 4) is 11.1 Å². The van der Waals surface area contributed by atoms with E-state index >= 15 is 0 Å². The Balaban J connectivity index is 1.50. The highest BCUT2D eigenvalue weighted by molar-refractivity contribution is 6.23. The molecule has 2 nitrogen and oxygen atoms in total. The summed E-state index contributed by atoms with van der Waals surface area (Å²) in [5.41, 5.74) is 7.55. The molecule has 0 saturated carbocycles. The van der Waals surface area contributed by atoms with Gasteiger partial charge in [-0.3, -0.25) is 0 Å². The molecule has 0 aliphatic carbocycles. The summed E-state index contributed by atoms with van der Waals surface area (Å²) in [6.45, 7) is 0. The second kappa shape index (κ2) is 9.14. The minimum Gasteiger partial charge on any atom is -0.455 e. The van der Waals surface area contributed by atoms with Gasteiger partial charge in [0.25, 0.3) is 0 Å². The van der Waals surface area contributed by atoms with Crippen LogP contribution in [0.4, 0.5) is 17.1 Å². The van der Waals surface area contributed by atoms with Gasteiger partial charge in [-0.1, -0.05) is 115 Å². The van der Waals surface area contributed by atoms with Crippen LogP contribution in [0.15, 0.2) is 156 Å². The Labute approximate surface area is 232 Å². The van der Waals surface area contributed by atoms with Crippen LogP contribution < -0.4 is 4.90 Å². The standard InChI is InChI=1S/C38H25NO/c1-3-15-27(16-4-1)39(28-17-5-2-6-18-28)35-25-34-37-32(30-22-11-14-26-13-7-8-19-29(26)30)23-12-24-36(37)40-38(34)33-21-10-9-20-31(33)35/h1-25H. The molecule has 7 aromatic carbocycles. The SMILES string of the molecule is c1ccc(N(c2ccccc2)c2cc3c(oc4cccc(-c5cccc6ccccc56)c43)c3ccccc23)cc1. The maximum atomic E-state index is 6.67. The molecule has 2 heteroatoms. The fraction of sp³-hybridized carbons (Fsp3) is 0. The zero-order valence-electron chi connectivity index (χ0n) is 21.8. The number of fused-ring (bicyclic) bond motifs is 6. The van der Waals surface area contributed by atoms with E-state index < -0.39 is 0 Å². The van der Waals surface area contributed by atoms with E-state index in [1.807, 2.05) is 0 Å². The van der Waals surface area contributed by atoms with Crippen molar-refractivity contribution in [3.63, 3.8) is 0 Å². The van der Waals surface area contributed by atoms with Crippen molar-refractivity contribution in [2.45, 2.75) is 0 Å². The molecule has 0 spiro atoms. The quantitative estimate of drug-likeness (QED) is 0.234. The van der Waals surface area contributed by atoms with Crippen molar-refractivity contribution < 1.29 is 4.42 Å². The fourth-order valence-corrected chi connectivity index (χ4v) is 6.08. The Bertz CT molecular complexity index is 2120. The van der Waals surface area contributed by atoms with Gasteiger partial charge >= 0.3 is 0 Å². The number of benzene rings is 7. The normalized spacial score (nSPS) is 11.5. The first-order chi connectivity index (χ1) is 19.9. The lowest BCUT2D eigenvalue weighted by Gasteiger charge is -2.27. The van der Waals surface area contributed by atoms with E-state index in [2.05, 4.69) is 157 Å². The molecular formula is C38H25NO. The Hall–Kier alpha value is -5.34. The van der Waals surface area contributed by atoms with Crippen molar-refractivity contribution in [3.05, 3.63) is 152 Å². The summed E-state index contributed by atoms with van der Waals surface area (Å²) in [4.78, 5) is 2.35. The summed E-state index contributed by atoms with van der Waals surface area (Å²) < 4.78 is 6.67. The molecule has 0 radical (unpaired) electrons. The van der Waals surface area contributed by atoms with Crippen LogP contribution in [0.25, 0.3) is 54.6 Å². The Morgan fingerprint density at radius 2 is 1.00 bits per heavy atom. The van der Waals surface area contributed by atoms with Gasteiger partial charge in [-0.05, 0) is 58.3 Å². The number of para-hydroxylation sites is 2. The lowest BCUT2D eigenvalue weighted by atomic mass is 9.94. The highest BCUT2D eigenvalue weighted by atomic mass is 16.3. The minimum absolute atomic E-state index is 0.897. The van der Waals surface area contributed by atoms with Gasteiger partial charge in [-0.15, -0.1) is 0 Å². The lowest BCUT2D eigenvalue weighted by molar-refractivity contribution is 0.673. The molecular weight excluding hydrogens is 486 g/mol. The van der Waals surface area contributed by atoms with Crippen LogP contribution >= 0.6 is 0 Å². The predicted molar refractivity (Wildman–Crippen MR) is 169 cm³/mol. The molecule has 0 saturated heterocycles. The molecule has 0 aliphatic heterocycles. The van der Waals surface area contributed by atoms with Gasteiger partial charge < -0.3 is 9.32 Å². The number of nitrogens with zero attached hydrogens (tertiary/aromatic N) is 1. The highest BCUT2D eigenvalue weighted by Gasteiger charge is 2.21. The number of rotatable bonds is 4. The van der Waals surface area contributed by atoms with Crippen LogP contribution in [0.1, 0.15) is 0 Å². The second-order valence-corrected chi connectivity index (χ2v) is 10.1. The van der Waals surface area contributed by atoms with Gasteiger partial charge in [0.15, 0.2) is 0 Å². The van der Waals surface area contributed by atoms with Crippen molar-refractivity contribution in [2.75, 3.05) is 4.90 Å². The third kappa shape index (κ3) is 3.50. The molecule has 1 heterocycles. The van der Waals surface area contributed by atoms with E-state index in [9.17, 15) is 0 Å². The van der Waals surface area contributed by atoms with E-state index in [1.165, 1.54) is 21.9 Å². The van der Waals surface area contributed by atoms with Crippen molar-refractivity contribution in [1.29, 1.82) is 0 Å². The monoisotopic (exact) mass is 511 g/mol. The molecule has 8 aromatic rings. The van der Waals surface area contributed by atoms with Gasteiger partial charge in [-0.2, -0.15) is 0 Å². The van der Waals surface area contributed by atoms with E-state index in [0.29, 0.717) is 0 Å². The van der Waals surface area contributed by atoms with Crippen LogP contribution in [0, 0.1) is 0 Å². The largest absolute Gasteiger partial charge is 0.455 e. The first kappa shape index (κ1) is 22.6. The number of hydrogen-bond donors (Lipinski definition) is 0. The highest BCUT2D eigenvalue weighted by Crippen LogP contribution is 2.46. The first-order valence-corrected chi connectivity index (χ1v) is 13.6. The molecule has 0 bridgehead atoms. The minimum atomic E-state index is 0.897. The van der Waals surface area contributed by atoms with Crippen molar-refractivity contribution in [2.24, 2.45) is 0 Å². The molecule has 0 aliphatic rings. The van der Waals surface area contributed by atoms with Gasteiger partial charge in [0.2, 0.25) is 0 Å². The summed E-state index contributed by atoms with van der Waals surface area (Å²) in [6, 6.07) is 53.6. The predicted octanol–water partition coefficient (Wildman–Crippen LogP) is 11.0. The number of furan rings is 1. The fourth-order valence-electron chi connectivity index (χ4n) is 6.08. The molecule has 0 unspecified atom stereocenters. The number of anilines is 3. The summed E-state index contributed by atoms with van der Waals surface area (Å²) in [7, 11) is 0. The lowest BCUT2D eigenvalue weighted by Crippen LogP contribution is -2.10.